The monoisotopic (exact) mass is 412 g/mol. The van der Waals surface area contributed by atoms with Crippen molar-refractivity contribution in [2.24, 2.45) is 5.73 Å². The molecule has 0 fully saturated rings. The Morgan fingerprint density at radius 3 is 2.80 bits per heavy atom. The van der Waals surface area contributed by atoms with E-state index in [1.807, 2.05) is 12.1 Å². The van der Waals surface area contributed by atoms with E-state index < -0.39 is 12.1 Å². The van der Waals surface area contributed by atoms with Crippen LogP contribution in [0.3, 0.4) is 0 Å². The number of hydrogen-bond acceptors (Lipinski definition) is 7. The molecule has 0 saturated heterocycles. The molecule has 0 radical (unpaired) electrons. The molecule has 1 aromatic carbocycles. The van der Waals surface area contributed by atoms with Crippen molar-refractivity contribution >= 4 is 23.4 Å². The number of aromatic nitrogens is 1. The van der Waals surface area contributed by atoms with Crippen LogP contribution in [-0.2, 0) is 14.3 Å². The second-order valence-corrected chi connectivity index (χ2v) is 7.22. The number of carbonyl (C=O) groups is 2. The molecule has 30 heavy (non-hydrogen) atoms. The Morgan fingerprint density at radius 2 is 2.03 bits per heavy atom. The van der Waals surface area contributed by atoms with E-state index in [2.05, 4.69) is 20.4 Å². The summed E-state index contributed by atoms with van der Waals surface area (Å²) in [6.45, 7) is 2.10. The van der Waals surface area contributed by atoms with E-state index in [9.17, 15) is 9.59 Å². The van der Waals surface area contributed by atoms with Gasteiger partial charge in [-0.15, -0.1) is 0 Å². The number of nitrogens with zero attached hydrogens (tertiary/aromatic N) is 1. The first-order chi connectivity index (χ1) is 14.5. The highest BCUT2D eigenvalue weighted by atomic mass is 16.5. The number of fused-ring (bicyclic) bond motifs is 4. The van der Waals surface area contributed by atoms with E-state index >= 15 is 0 Å². The molecule has 0 spiro atoms. The molecule has 2 heterocycles. The van der Waals surface area contributed by atoms with Crippen molar-refractivity contribution < 1.29 is 19.1 Å². The number of anilines is 2. The third kappa shape index (κ3) is 5.27. The van der Waals surface area contributed by atoms with Crippen LogP contribution in [0.25, 0.3) is 11.1 Å². The first-order valence-corrected chi connectivity index (χ1v) is 10.1. The average Bonchev–Trinajstić information content (AvgIpc) is 2.75. The minimum absolute atomic E-state index is 0.116. The van der Waals surface area contributed by atoms with E-state index in [0.29, 0.717) is 24.4 Å². The van der Waals surface area contributed by atoms with Crippen molar-refractivity contribution in [1.29, 1.82) is 0 Å². The minimum Gasteiger partial charge on any atom is -0.464 e. The van der Waals surface area contributed by atoms with Crippen LogP contribution in [0, 0.1) is 0 Å². The highest BCUT2D eigenvalue weighted by Gasteiger charge is 2.22. The molecule has 1 aliphatic heterocycles. The van der Waals surface area contributed by atoms with E-state index in [4.69, 9.17) is 10.5 Å². The summed E-state index contributed by atoms with van der Waals surface area (Å²) in [5, 5.41) is 5.98. The summed E-state index contributed by atoms with van der Waals surface area (Å²) in [5.41, 5.74) is 10.3. The summed E-state index contributed by atoms with van der Waals surface area (Å²) in [6.07, 6.45) is 6.13. The summed E-state index contributed by atoms with van der Waals surface area (Å²) in [4.78, 5) is 28.6. The molecule has 1 aliphatic rings. The largest absolute Gasteiger partial charge is 0.464 e. The molecule has 2 atom stereocenters. The van der Waals surface area contributed by atoms with Crippen molar-refractivity contribution in [3.63, 3.8) is 0 Å². The molecular formula is C22H28N4O4. The van der Waals surface area contributed by atoms with Crippen molar-refractivity contribution in [2.75, 3.05) is 24.4 Å². The number of ether oxygens (including phenoxy) is 2. The van der Waals surface area contributed by atoms with Gasteiger partial charge in [0, 0.05) is 40.9 Å². The van der Waals surface area contributed by atoms with E-state index in [0.717, 1.165) is 36.0 Å². The van der Waals surface area contributed by atoms with Crippen LogP contribution in [-0.4, -0.2) is 36.8 Å². The Labute approximate surface area is 176 Å². The van der Waals surface area contributed by atoms with Gasteiger partial charge in [-0.2, -0.15) is 0 Å². The van der Waals surface area contributed by atoms with Gasteiger partial charge in [0.05, 0.1) is 13.7 Å². The molecule has 1 amide bonds. The normalized spacial score (nSPS) is 18.6. The standard InChI is InChI=1S/C22H28N4O4/c1-3-30-21(27)19-7-5-4-6-18(23)15-10-14(12-24-13-15)17-9-8-16(11-20(17)26-19)25-22(28)29-2/h8-13,18-19,26H,3-7,23H2,1-2H3,(H,25,28)/t18-,19+/m0/s1. The lowest BCUT2D eigenvalue weighted by molar-refractivity contribution is -0.144. The van der Waals surface area contributed by atoms with Crippen LogP contribution in [0.15, 0.2) is 36.7 Å². The molecule has 0 aliphatic carbocycles. The summed E-state index contributed by atoms with van der Waals surface area (Å²) in [7, 11) is 1.30. The number of benzene rings is 1. The van der Waals surface area contributed by atoms with Crippen molar-refractivity contribution in [3.05, 3.63) is 42.2 Å². The SMILES string of the molecule is CCOC(=O)[C@H]1CCCC[C@H](N)c2cncc(c2)-c2ccc(NC(=O)OC)cc2N1. The molecule has 0 saturated carbocycles. The molecule has 3 rings (SSSR count). The van der Waals surface area contributed by atoms with Gasteiger partial charge in [0.1, 0.15) is 6.04 Å². The summed E-state index contributed by atoms with van der Waals surface area (Å²) in [5.74, 6) is -0.303. The third-order valence-electron chi connectivity index (χ3n) is 5.11. The fourth-order valence-electron chi connectivity index (χ4n) is 3.53. The zero-order chi connectivity index (χ0) is 21.5. The number of hydrogen-bond donors (Lipinski definition) is 3. The molecule has 2 bridgehead atoms. The van der Waals surface area contributed by atoms with Crippen molar-refractivity contribution in [1.82, 2.24) is 4.98 Å². The molecule has 8 nitrogen and oxygen atoms in total. The number of esters is 1. The number of nitrogens with two attached hydrogens (primary N) is 1. The minimum atomic E-state index is -0.570. The Hall–Kier alpha value is -3.13. The predicted molar refractivity (Wildman–Crippen MR) is 115 cm³/mol. The van der Waals surface area contributed by atoms with Crippen LogP contribution in [0.4, 0.5) is 16.2 Å². The zero-order valence-corrected chi connectivity index (χ0v) is 17.3. The summed E-state index contributed by atoms with van der Waals surface area (Å²) < 4.78 is 9.95. The summed E-state index contributed by atoms with van der Waals surface area (Å²) in [6, 6.07) is 6.81. The predicted octanol–water partition coefficient (Wildman–Crippen LogP) is 3.84. The van der Waals surface area contributed by atoms with Gasteiger partial charge in [0.25, 0.3) is 0 Å². The van der Waals surface area contributed by atoms with Crippen LogP contribution >= 0.6 is 0 Å². The Kier molecular flexibility index (Phi) is 7.24. The van der Waals surface area contributed by atoms with Crippen LogP contribution in [0.5, 0.6) is 0 Å². The molecular weight excluding hydrogens is 384 g/mol. The van der Waals surface area contributed by atoms with Gasteiger partial charge in [-0.05, 0) is 43.5 Å². The Bertz CT molecular complexity index is 902. The zero-order valence-electron chi connectivity index (χ0n) is 17.3. The smallest absolute Gasteiger partial charge is 0.411 e. The van der Waals surface area contributed by atoms with Crippen LogP contribution < -0.4 is 16.4 Å². The summed E-state index contributed by atoms with van der Waals surface area (Å²) >= 11 is 0. The molecule has 0 unspecified atom stereocenters. The van der Waals surface area contributed by atoms with Gasteiger partial charge in [-0.3, -0.25) is 10.3 Å². The number of carbonyl (C=O) groups excluding carboxylic acids is 2. The van der Waals surface area contributed by atoms with E-state index in [1.165, 1.54) is 7.11 Å². The quantitative estimate of drug-likeness (QED) is 0.656. The van der Waals surface area contributed by atoms with Crippen LogP contribution in [0.1, 0.15) is 44.2 Å². The Morgan fingerprint density at radius 1 is 1.23 bits per heavy atom. The number of nitrogens with one attached hydrogen (secondary N) is 2. The number of pyridine rings is 1. The van der Waals surface area contributed by atoms with Gasteiger partial charge < -0.3 is 20.5 Å². The highest BCUT2D eigenvalue weighted by molar-refractivity contribution is 5.90. The lowest BCUT2D eigenvalue weighted by Gasteiger charge is -2.23. The van der Waals surface area contributed by atoms with Crippen molar-refractivity contribution in [3.8, 4) is 11.1 Å². The number of amides is 1. The van der Waals surface area contributed by atoms with E-state index in [-0.39, 0.29) is 12.0 Å². The second kappa shape index (κ2) is 10.1. The fourth-order valence-corrected chi connectivity index (χ4v) is 3.53. The molecule has 160 valence electrons. The van der Waals surface area contributed by atoms with Gasteiger partial charge in [-0.1, -0.05) is 18.9 Å². The number of rotatable bonds is 3. The van der Waals surface area contributed by atoms with Crippen molar-refractivity contribution in [2.45, 2.75) is 44.7 Å². The van der Waals surface area contributed by atoms with Crippen LogP contribution in [0.2, 0.25) is 0 Å². The molecule has 8 heteroatoms. The Balaban J connectivity index is 2.06. The number of methoxy groups -OCH3 is 1. The third-order valence-corrected chi connectivity index (χ3v) is 5.11. The van der Waals surface area contributed by atoms with Gasteiger partial charge in [0.15, 0.2) is 0 Å². The fraction of sp³-hybridized carbons (Fsp3) is 0.409. The van der Waals surface area contributed by atoms with Gasteiger partial charge in [0.2, 0.25) is 0 Å². The highest BCUT2D eigenvalue weighted by Crippen LogP contribution is 2.33. The lowest BCUT2D eigenvalue weighted by Crippen LogP contribution is -2.32. The lowest BCUT2D eigenvalue weighted by atomic mass is 9.96. The average molecular weight is 412 g/mol. The molecule has 2 aromatic rings. The maximum absolute atomic E-state index is 12.6. The molecule has 4 N–H and O–H groups in total. The maximum Gasteiger partial charge on any atom is 0.411 e. The molecule has 1 aromatic heterocycles. The maximum atomic E-state index is 12.6. The van der Waals surface area contributed by atoms with E-state index in [1.54, 1.807) is 31.5 Å². The second-order valence-electron chi connectivity index (χ2n) is 7.22. The van der Waals surface area contributed by atoms with Gasteiger partial charge in [-0.25, -0.2) is 9.59 Å². The first-order valence-electron chi connectivity index (χ1n) is 10.1. The topological polar surface area (TPSA) is 116 Å². The first kappa shape index (κ1) is 21.6. The van der Waals surface area contributed by atoms with Gasteiger partial charge >= 0.3 is 12.1 Å².